The topological polar surface area (TPSA) is 184 Å². The van der Waals surface area contributed by atoms with Crippen molar-refractivity contribution < 1.29 is 28.5 Å². The van der Waals surface area contributed by atoms with E-state index in [0.717, 1.165) is 153 Å². The Hall–Kier alpha value is -9.68. The number of methoxy groups -OCH3 is 2. The van der Waals surface area contributed by atoms with Gasteiger partial charge in [-0.1, -0.05) is 259 Å². The minimum atomic E-state index is -0.707. The summed E-state index contributed by atoms with van der Waals surface area (Å²) in [5.41, 5.74) is 2.05. The molecule has 0 saturated heterocycles. The summed E-state index contributed by atoms with van der Waals surface area (Å²) in [5, 5.41) is 41.1. The molecule has 2 aliphatic carbocycles. The molecule has 12 rings (SSSR count). The van der Waals surface area contributed by atoms with Crippen LogP contribution in [0.3, 0.4) is 0 Å². The van der Waals surface area contributed by atoms with Crippen molar-refractivity contribution >= 4 is 124 Å². The van der Waals surface area contributed by atoms with Crippen molar-refractivity contribution in [2.24, 2.45) is 0 Å². The van der Waals surface area contributed by atoms with Gasteiger partial charge in [0.25, 0.3) is 11.4 Å². The quantitative estimate of drug-likeness (QED) is 0.0154. The van der Waals surface area contributed by atoms with Gasteiger partial charge < -0.3 is 18.9 Å². The summed E-state index contributed by atoms with van der Waals surface area (Å²) in [6.07, 6.45) is 55.0. The molecule has 0 saturated carbocycles. The first-order valence-corrected chi connectivity index (χ1v) is 50.7. The lowest BCUT2D eigenvalue weighted by molar-refractivity contribution is 0.0406. The van der Waals surface area contributed by atoms with E-state index in [2.05, 4.69) is 71.3 Å². The number of hydrogen-bond donors (Lipinski definition) is 0. The third-order valence-corrected chi connectivity index (χ3v) is 32.8. The average molecular weight is 1770 g/mol. The van der Waals surface area contributed by atoms with Crippen LogP contribution in [0.4, 0.5) is 11.4 Å². The molecule has 8 heterocycles. The molecular weight excluding hydrogens is 1650 g/mol. The Bertz CT molecular complexity index is 5240. The molecule has 2 aromatic carbocycles. The number of rotatable bonds is 50. The molecule has 14 nitrogen and oxygen atoms in total. The number of fused-ring (bicyclic) bond motifs is 11. The molecule has 20 heteroatoms. The number of carbonyl (C=O) groups is 2. The van der Waals surface area contributed by atoms with Gasteiger partial charge in [0.2, 0.25) is 11.4 Å². The Morgan fingerprint density at radius 1 is 0.379 bits per heavy atom. The zero-order valence-corrected chi connectivity index (χ0v) is 78.3. The van der Waals surface area contributed by atoms with E-state index in [1.54, 1.807) is 71.7 Å². The molecule has 0 radical (unpaired) electrons. The number of nitriles is 4. The van der Waals surface area contributed by atoms with E-state index < -0.39 is 22.8 Å². The van der Waals surface area contributed by atoms with Gasteiger partial charge in [-0.05, 0) is 123 Å². The average Bonchev–Trinajstić information content (AvgIpc) is 1.52. The number of allylic oxidation sites excluding steroid dienone is 6. The van der Waals surface area contributed by atoms with Crippen molar-refractivity contribution in [2.45, 2.75) is 321 Å². The van der Waals surface area contributed by atoms with Crippen molar-refractivity contribution in [3.05, 3.63) is 171 Å². The molecule has 8 aromatic rings. The molecule has 0 N–H and O–H groups in total. The van der Waals surface area contributed by atoms with E-state index in [4.69, 9.17) is 45.2 Å². The normalized spacial score (nSPS) is 15.1. The number of thiophene rings is 6. The van der Waals surface area contributed by atoms with Gasteiger partial charge in [0.15, 0.2) is 23.1 Å². The van der Waals surface area contributed by atoms with Crippen LogP contribution < -0.4 is 18.9 Å². The van der Waals surface area contributed by atoms with Gasteiger partial charge in [-0.15, -0.1) is 68.0 Å². The van der Waals surface area contributed by atoms with Crippen LogP contribution in [0.5, 0.6) is 23.0 Å². The first-order chi connectivity index (χ1) is 60.7. The first kappa shape index (κ1) is 93.5. The van der Waals surface area contributed by atoms with Crippen LogP contribution in [0.15, 0.2) is 71.1 Å². The fourth-order valence-corrected chi connectivity index (χ4v) is 26.3. The SMILES string of the molecule is [C-]#[N+]/C(C#N)=C1\C(=C\c2cc(OC)c(-c3cc4c(s3)-c3sc5c6c(sc5c3OC4(CCCCCCCCCCCC)CCCCCCCCCCCC)-c3sc(-c4sc(/C=C5\C(=O)c7cc(C#N)c([N+]#[C-])cc7\C5=C(\C#N)[N+]#[C-])cc4OC)cc3C(CCCCCCCCCCCC)(CCCCCCCCCCCC)O6)s2)C(=O)c2cc([N+]#[C-])c(C#N)cc21. The van der Waals surface area contributed by atoms with E-state index in [-0.39, 0.29) is 78.4 Å². The summed E-state index contributed by atoms with van der Waals surface area (Å²) >= 11 is 10.1. The second-order valence-corrected chi connectivity index (χ2v) is 40.2. The highest BCUT2D eigenvalue weighted by Crippen LogP contribution is 2.68. The summed E-state index contributed by atoms with van der Waals surface area (Å²) in [7, 11) is 3.33. The molecule has 0 amide bonds. The van der Waals surface area contributed by atoms with Crippen molar-refractivity contribution in [3.63, 3.8) is 0 Å². The Morgan fingerprint density at radius 3 is 0.976 bits per heavy atom. The van der Waals surface area contributed by atoms with Gasteiger partial charge >= 0.3 is 0 Å². The molecule has 0 unspecified atom stereocenters. The zero-order valence-electron chi connectivity index (χ0n) is 73.4. The monoisotopic (exact) mass is 1760 g/mol. The molecule has 644 valence electrons. The van der Waals surface area contributed by atoms with Gasteiger partial charge in [0.1, 0.15) is 22.7 Å². The largest absolute Gasteiger partial charge is 0.495 e. The maximum atomic E-state index is 14.7. The van der Waals surface area contributed by atoms with Crippen LogP contribution in [-0.4, -0.2) is 25.8 Å². The van der Waals surface area contributed by atoms with Gasteiger partial charge in [-0.3, -0.25) is 9.59 Å². The van der Waals surface area contributed by atoms with E-state index in [9.17, 15) is 30.6 Å². The standard InChI is InChI=1S/C104H116N8O6S6/c1-11-15-19-23-27-31-35-39-43-47-51-103(52-48-44-40-36-32-28-24-20-16-12-2)79-63-87(97-85(115-9)59-71(119-97)57-77-89(83(67-107)111-7)73-55-69(65-105)82(110-6)62-76(73)92(77)114)121-95(79)99-93(117-103)101-102(123-99)94-100(124-101)96-80(104(118-94,53-49-45-41-37-33-29-25-21-17-13-3)54-50-46-42-38-34-30-26-22-18-14-4)64-88(122-96)98-86(116-10)60-72(120-98)58-78-90(84(68-108)112-8)74-61-81(109-5)70(66-106)56-75(74)91(78)113/h55-64H,11-54H2,1-4,9-10H3/b77-57-,78-58-,89-83-,90-84+. The van der Waals surface area contributed by atoms with Crippen molar-refractivity contribution in [3.8, 4) is 86.3 Å². The summed E-state index contributed by atoms with van der Waals surface area (Å²) < 4.78 is 31.4. The number of hydrogen-bond acceptors (Lipinski definition) is 16. The fourth-order valence-electron chi connectivity index (χ4n) is 18.5. The summed E-state index contributed by atoms with van der Waals surface area (Å²) in [5.74, 6) is 2.18. The maximum Gasteiger partial charge on any atom is 0.270 e. The second-order valence-electron chi connectivity index (χ2n) is 33.8. The van der Waals surface area contributed by atoms with Crippen LogP contribution >= 0.6 is 68.0 Å². The molecule has 0 fully saturated rings. The predicted molar refractivity (Wildman–Crippen MR) is 514 cm³/mol. The lowest BCUT2D eigenvalue weighted by Gasteiger charge is -2.39. The number of unbranched alkanes of at least 4 members (excludes halogenated alkanes) is 36. The Balaban J connectivity index is 1.01. The third kappa shape index (κ3) is 21.2. The highest BCUT2D eigenvalue weighted by atomic mass is 32.1. The molecule has 0 spiro atoms. The molecular formula is C104H116N8O6S6. The predicted octanol–water partition coefficient (Wildman–Crippen LogP) is 34.0. The Morgan fingerprint density at radius 2 is 0.677 bits per heavy atom. The van der Waals surface area contributed by atoms with Crippen molar-refractivity contribution in [1.29, 1.82) is 21.0 Å². The van der Waals surface area contributed by atoms with E-state index >= 15 is 0 Å². The van der Waals surface area contributed by atoms with Gasteiger partial charge in [0.05, 0.1) is 115 Å². The lowest BCUT2D eigenvalue weighted by Crippen LogP contribution is -2.35. The molecule has 2 aliphatic heterocycles. The summed E-state index contributed by atoms with van der Waals surface area (Å²) in [6.45, 7) is 41.1. The molecule has 124 heavy (non-hydrogen) atoms. The maximum absolute atomic E-state index is 14.7. The highest BCUT2D eigenvalue weighted by molar-refractivity contribution is 7.36. The Kier molecular flexibility index (Phi) is 34.7. The van der Waals surface area contributed by atoms with Crippen LogP contribution in [-0.2, 0) is 11.2 Å². The zero-order chi connectivity index (χ0) is 87.5. The van der Waals surface area contributed by atoms with Gasteiger partial charge in [0, 0.05) is 64.1 Å². The highest BCUT2D eigenvalue weighted by Gasteiger charge is 2.49. The van der Waals surface area contributed by atoms with Gasteiger partial charge in [-0.2, -0.15) is 10.5 Å². The van der Waals surface area contributed by atoms with Crippen molar-refractivity contribution in [2.75, 3.05) is 14.2 Å². The van der Waals surface area contributed by atoms with Crippen LogP contribution in [0, 0.1) is 71.6 Å². The van der Waals surface area contributed by atoms with Crippen molar-refractivity contribution in [1.82, 2.24) is 0 Å². The van der Waals surface area contributed by atoms with E-state index in [0.29, 0.717) is 21.3 Å². The van der Waals surface area contributed by atoms with Gasteiger partial charge in [-0.25, -0.2) is 29.9 Å². The number of nitrogens with zero attached hydrogens (tertiary/aromatic N) is 8. The summed E-state index contributed by atoms with van der Waals surface area (Å²) in [6, 6.07) is 22.5. The molecule has 0 atom stereocenters. The fraction of sp³-hybridized carbons (Fsp3) is 0.500. The third-order valence-electron chi connectivity index (χ3n) is 25.2. The number of ether oxygens (including phenoxy) is 4. The number of ketones is 2. The number of carbonyl (C=O) groups excluding carboxylic acids is 2. The number of Topliss-reactive ketones (excluding diaryl/α,β-unsaturated/α-hetero) is 2. The summed E-state index contributed by atoms with van der Waals surface area (Å²) in [4.78, 5) is 53.4. The molecule has 6 aromatic heterocycles. The van der Waals surface area contributed by atoms with E-state index in [1.165, 1.54) is 248 Å². The minimum Gasteiger partial charge on any atom is -0.495 e. The lowest BCUT2D eigenvalue weighted by atomic mass is 9.81. The van der Waals surface area contributed by atoms with Crippen LogP contribution in [0.2, 0.25) is 0 Å². The Labute approximate surface area is 760 Å². The second kappa shape index (κ2) is 46.0. The van der Waals surface area contributed by atoms with Crippen LogP contribution in [0.1, 0.15) is 374 Å². The molecule has 0 bridgehead atoms. The van der Waals surface area contributed by atoms with Crippen LogP contribution in [0.25, 0.3) is 91.1 Å². The molecule has 4 aliphatic rings. The van der Waals surface area contributed by atoms with E-state index in [1.807, 2.05) is 24.3 Å². The number of benzene rings is 2. The minimum absolute atomic E-state index is 0.0247. The first-order valence-electron chi connectivity index (χ1n) is 45.8. The smallest absolute Gasteiger partial charge is 0.270 e.